The average Bonchev–Trinajstić information content (AvgIpc) is 2.78. The third-order valence-corrected chi connectivity index (χ3v) is 9.45. The quantitative estimate of drug-likeness (QED) is 0.217. The van der Waals surface area contributed by atoms with E-state index in [1.165, 1.54) is 61.2 Å². The summed E-state index contributed by atoms with van der Waals surface area (Å²) in [5, 5.41) is 0. The molecule has 0 heterocycles. The molecule has 3 aromatic carbocycles. The largest absolute Gasteiger partial charge is 0.426 e. The Balaban J connectivity index is 2.62. The molecule has 1 aliphatic carbocycles. The van der Waals surface area contributed by atoms with Gasteiger partial charge in [0.2, 0.25) is 0 Å². The van der Waals surface area contributed by atoms with Gasteiger partial charge in [0.25, 0.3) is 0 Å². The van der Waals surface area contributed by atoms with Crippen LogP contribution in [0.15, 0.2) is 24.3 Å². The zero-order valence-electron chi connectivity index (χ0n) is 31.3. The second-order valence-electron chi connectivity index (χ2n) is 18.7. The first kappa shape index (κ1) is 35.7. The maximum atomic E-state index is 10.6. The third kappa shape index (κ3) is 6.65. The van der Waals surface area contributed by atoms with Crippen LogP contribution in [0.25, 0.3) is 22.3 Å². The summed E-state index contributed by atoms with van der Waals surface area (Å²) >= 11 is 0. The molecule has 0 amide bonds. The van der Waals surface area contributed by atoms with E-state index in [0.717, 1.165) is 17.5 Å². The van der Waals surface area contributed by atoms with Gasteiger partial charge >= 0.3 is 8.60 Å². The van der Waals surface area contributed by atoms with Gasteiger partial charge in [-0.15, -0.1) is 0 Å². The zero-order valence-corrected chi connectivity index (χ0v) is 32.2. The normalized spacial score (nSPS) is 14.2. The summed E-state index contributed by atoms with van der Waals surface area (Å²) in [7, 11) is -2.67. The molecule has 2 bridgehead atoms. The molecule has 0 fully saturated rings. The van der Waals surface area contributed by atoms with Gasteiger partial charge in [0.1, 0.15) is 5.75 Å². The van der Waals surface area contributed by atoms with Gasteiger partial charge in [0, 0.05) is 11.1 Å². The Morgan fingerprint density at radius 2 is 0.822 bits per heavy atom. The van der Waals surface area contributed by atoms with Crippen LogP contribution in [0.3, 0.4) is 0 Å². The first-order chi connectivity index (χ1) is 20.2. The molecule has 3 nitrogen and oxygen atoms in total. The minimum atomic E-state index is -2.67. The Labute approximate surface area is 275 Å². The fourth-order valence-electron chi connectivity index (χ4n) is 7.56. The van der Waals surface area contributed by atoms with E-state index in [-0.39, 0.29) is 27.1 Å². The number of rotatable bonds is 2. The Morgan fingerprint density at radius 1 is 0.489 bits per heavy atom. The average molecular weight is 631 g/mol. The summed E-state index contributed by atoms with van der Waals surface area (Å²) in [4.78, 5) is 21.3. The molecular formula is C41H59O3P. The summed E-state index contributed by atoms with van der Waals surface area (Å²) in [5.74, 6) is 0.628. The number of hydrogen-bond acceptors (Lipinski definition) is 3. The molecule has 0 aliphatic heterocycles. The molecule has 0 unspecified atom stereocenters. The van der Waals surface area contributed by atoms with Gasteiger partial charge < -0.3 is 14.3 Å². The van der Waals surface area contributed by atoms with E-state index in [9.17, 15) is 9.79 Å². The van der Waals surface area contributed by atoms with Crippen molar-refractivity contribution in [2.24, 2.45) is 0 Å². The molecule has 0 atom stereocenters. The van der Waals surface area contributed by atoms with Gasteiger partial charge in [-0.05, 0) is 97.4 Å². The predicted molar refractivity (Wildman–Crippen MR) is 195 cm³/mol. The van der Waals surface area contributed by atoms with E-state index in [0.29, 0.717) is 5.75 Å². The highest BCUT2D eigenvalue weighted by molar-refractivity contribution is 7.39. The van der Waals surface area contributed by atoms with Crippen molar-refractivity contribution in [2.75, 3.05) is 0 Å². The summed E-state index contributed by atoms with van der Waals surface area (Å²) in [6, 6.07) is 9.53. The van der Waals surface area contributed by atoms with Crippen molar-refractivity contribution in [3.05, 3.63) is 74.3 Å². The van der Waals surface area contributed by atoms with Crippen LogP contribution in [-0.4, -0.2) is 9.79 Å². The van der Waals surface area contributed by atoms with Crippen molar-refractivity contribution in [3.8, 4) is 28.0 Å². The van der Waals surface area contributed by atoms with Crippen LogP contribution < -0.4 is 4.52 Å². The van der Waals surface area contributed by atoms with E-state index in [2.05, 4.69) is 142 Å². The molecule has 0 radical (unpaired) electrons. The molecule has 3 aromatic rings. The van der Waals surface area contributed by atoms with Crippen molar-refractivity contribution in [2.45, 2.75) is 151 Å². The Morgan fingerprint density at radius 3 is 1.09 bits per heavy atom. The highest BCUT2D eigenvalue weighted by atomic mass is 31.2. The first-order valence-corrected chi connectivity index (χ1v) is 17.7. The fraction of sp³-hybridized carbons (Fsp3) is 0.561. The van der Waals surface area contributed by atoms with Crippen molar-refractivity contribution in [3.63, 3.8) is 0 Å². The van der Waals surface area contributed by atoms with Crippen molar-refractivity contribution >= 4 is 8.60 Å². The summed E-state index contributed by atoms with van der Waals surface area (Å²) in [5.41, 5.74) is 14.9. The van der Waals surface area contributed by atoms with E-state index in [4.69, 9.17) is 4.52 Å². The number of fused-ring (bicyclic) bond motifs is 6. The Kier molecular flexibility index (Phi) is 8.88. The van der Waals surface area contributed by atoms with Crippen LogP contribution in [0.4, 0.5) is 0 Å². The van der Waals surface area contributed by atoms with Gasteiger partial charge in [0.15, 0.2) is 0 Å². The SMILES string of the molecule is Cc1cc2c(c(C(C)(C)C)c1)-c1c(C(C)(C)C)c(OP(O)O)c(C(C)(C)C)c(c1C(C)(C)C)-c1c(cc(C)cc1C(C)(C)C)C2. The molecule has 1 aliphatic rings. The van der Waals surface area contributed by atoms with Crippen LogP contribution in [0.5, 0.6) is 5.75 Å². The predicted octanol–water partition coefficient (Wildman–Crippen LogP) is 11.6. The lowest BCUT2D eigenvalue weighted by atomic mass is 9.62. The molecule has 0 aromatic heterocycles. The summed E-state index contributed by atoms with van der Waals surface area (Å²) in [6.07, 6.45) is 0.822. The topological polar surface area (TPSA) is 49.7 Å². The molecule has 4 rings (SSSR count). The van der Waals surface area contributed by atoms with E-state index >= 15 is 0 Å². The smallest absolute Gasteiger partial charge is 0.391 e. The molecule has 4 heteroatoms. The van der Waals surface area contributed by atoms with E-state index < -0.39 is 8.60 Å². The molecule has 0 spiro atoms. The lowest BCUT2D eigenvalue weighted by Crippen LogP contribution is -2.29. The minimum Gasteiger partial charge on any atom is -0.426 e. The van der Waals surface area contributed by atoms with Crippen molar-refractivity contribution < 1.29 is 14.3 Å². The van der Waals surface area contributed by atoms with Crippen LogP contribution in [0, 0.1) is 13.8 Å². The number of hydrogen-bond donors (Lipinski definition) is 2. The van der Waals surface area contributed by atoms with Gasteiger partial charge in [-0.2, -0.15) is 0 Å². The molecule has 2 N–H and O–H groups in total. The monoisotopic (exact) mass is 630 g/mol. The van der Waals surface area contributed by atoms with Crippen LogP contribution >= 0.6 is 8.60 Å². The van der Waals surface area contributed by atoms with E-state index in [1.54, 1.807) is 0 Å². The Hall–Kier alpha value is -2.19. The maximum absolute atomic E-state index is 10.6. The highest BCUT2D eigenvalue weighted by Gasteiger charge is 2.43. The van der Waals surface area contributed by atoms with Crippen LogP contribution in [0.2, 0.25) is 0 Å². The molecule has 45 heavy (non-hydrogen) atoms. The summed E-state index contributed by atoms with van der Waals surface area (Å²) in [6.45, 7) is 38.8. The molecular weight excluding hydrogens is 571 g/mol. The number of aryl methyl sites for hydroxylation is 2. The lowest BCUT2D eigenvalue weighted by molar-refractivity contribution is 0.364. The van der Waals surface area contributed by atoms with Gasteiger partial charge in [-0.25, -0.2) is 0 Å². The van der Waals surface area contributed by atoms with Crippen molar-refractivity contribution in [1.82, 2.24) is 0 Å². The Bertz CT molecular complexity index is 1530. The highest BCUT2D eigenvalue weighted by Crippen LogP contribution is 2.60. The fourth-order valence-corrected chi connectivity index (χ4v) is 7.91. The first-order valence-electron chi connectivity index (χ1n) is 16.6. The summed E-state index contributed by atoms with van der Waals surface area (Å²) < 4.78 is 6.36. The van der Waals surface area contributed by atoms with Gasteiger partial charge in [-0.1, -0.05) is 139 Å². The van der Waals surface area contributed by atoms with Gasteiger partial charge in [-0.3, -0.25) is 0 Å². The maximum Gasteiger partial charge on any atom is 0.391 e. The molecule has 246 valence electrons. The van der Waals surface area contributed by atoms with Crippen molar-refractivity contribution in [1.29, 1.82) is 0 Å². The lowest BCUT2D eigenvalue weighted by Gasteiger charge is -2.43. The van der Waals surface area contributed by atoms with Crippen LogP contribution in [-0.2, 0) is 33.5 Å². The van der Waals surface area contributed by atoms with Crippen LogP contribution in [0.1, 0.15) is 154 Å². The number of benzene rings is 3. The minimum absolute atomic E-state index is 0.129. The van der Waals surface area contributed by atoms with E-state index in [1.807, 2.05) is 0 Å². The third-order valence-electron chi connectivity index (χ3n) is 9.10. The second-order valence-corrected chi connectivity index (χ2v) is 19.4. The second kappa shape index (κ2) is 11.2. The molecule has 0 saturated heterocycles. The van der Waals surface area contributed by atoms with Gasteiger partial charge in [0.05, 0.1) is 0 Å². The standard InChI is InChI=1S/C41H59O3P/c1-23-18-25-22-26-19-24(2)21-28(38(6,7)8)30(26)32-33(39(9,10)11)31(29(25)27(20-23)37(3,4)5)34(40(12,13)14)36(44-45(42)43)35(32)41(15,16)17/h18-21,42-43H,22H2,1-17H3. The molecule has 0 saturated carbocycles. The zero-order chi connectivity index (χ0) is 34.4.